The van der Waals surface area contributed by atoms with Gasteiger partial charge < -0.3 is 0 Å². The molecule has 0 atom stereocenters. The molecule has 0 aliphatic carbocycles. The normalized spacial score (nSPS) is 12.6. The quantitative estimate of drug-likeness (QED) is 0.536. The van der Waals surface area contributed by atoms with Crippen molar-refractivity contribution in [1.29, 1.82) is 0 Å². The average Bonchev–Trinajstić information content (AvgIpc) is 2.26. The highest BCUT2D eigenvalue weighted by Crippen LogP contribution is 2.22. The third-order valence-corrected chi connectivity index (χ3v) is 4.89. The van der Waals surface area contributed by atoms with Crippen molar-refractivity contribution in [3.63, 3.8) is 0 Å². The lowest BCUT2D eigenvalue weighted by molar-refractivity contribution is 0.573. The number of pyridine rings is 1. The van der Waals surface area contributed by atoms with Crippen LogP contribution in [0.1, 0.15) is 0 Å². The second-order valence-electron chi connectivity index (χ2n) is 3.51. The van der Waals surface area contributed by atoms with Crippen molar-refractivity contribution in [1.82, 2.24) is 14.4 Å². The highest BCUT2D eigenvalue weighted by atomic mass is 79.9. The van der Waals surface area contributed by atoms with Crippen molar-refractivity contribution < 1.29 is 16.8 Å². The van der Waals surface area contributed by atoms with Crippen LogP contribution in [0, 0.1) is 0 Å². The number of sulfonamides is 2. The maximum absolute atomic E-state index is 11.9. The summed E-state index contributed by atoms with van der Waals surface area (Å²) in [5.41, 5.74) is 0. The average molecular weight is 393 g/mol. The lowest BCUT2D eigenvalue weighted by atomic mass is 10.5. The molecule has 0 aromatic carbocycles. The van der Waals surface area contributed by atoms with Crippen LogP contribution in [0.25, 0.3) is 0 Å². The molecule has 0 fully saturated rings. The molecule has 0 saturated heterocycles. The molecular formula is C8H11BrClN3O4S2. The van der Waals surface area contributed by atoms with E-state index in [9.17, 15) is 16.8 Å². The Morgan fingerprint density at radius 3 is 2.42 bits per heavy atom. The van der Waals surface area contributed by atoms with E-state index in [0.717, 1.165) is 6.26 Å². The van der Waals surface area contributed by atoms with E-state index in [-0.39, 0.29) is 23.1 Å². The molecule has 1 aromatic heterocycles. The minimum absolute atomic E-state index is 0.0584. The fourth-order valence-corrected chi connectivity index (χ4v) is 3.54. The van der Waals surface area contributed by atoms with Gasteiger partial charge in [-0.15, -0.1) is 0 Å². The van der Waals surface area contributed by atoms with E-state index in [4.69, 9.17) is 11.6 Å². The van der Waals surface area contributed by atoms with Crippen LogP contribution in [0.5, 0.6) is 0 Å². The third-order valence-electron chi connectivity index (χ3n) is 1.84. The maximum Gasteiger partial charge on any atom is 0.243 e. The van der Waals surface area contributed by atoms with Gasteiger partial charge in [-0.05, 0) is 22.0 Å². The Labute approximate surface area is 125 Å². The molecule has 0 radical (unpaired) electrons. The van der Waals surface area contributed by atoms with Crippen molar-refractivity contribution in [3.8, 4) is 0 Å². The first-order valence-corrected chi connectivity index (χ1v) is 9.42. The van der Waals surface area contributed by atoms with E-state index in [2.05, 4.69) is 30.4 Å². The molecule has 19 heavy (non-hydrogen) atoms. The van der Waals surface area contributed by atoms with E-state index in [0.29, 0.717) is 4.47 Å². The number of nitrogens with zero attached hydrogens (tertiary/aromatic N) is 1. The zero-order valence-corrected chi connectivity index (χ0v) is 13.7. The fourth-order valence-electron chi connectivity index (χ4n) is 1.09. The Kier molecular flexibility index (Phi) is 5.71. The van der Waals surface area contributed by atoms with Crippen LogP contribution < -0.4 is 9.44 Å². The second-order valence-corrected chi connectivity index (χ2v) is 8.35. The minimum Gasteiger partial charge on any atom is -0.242 e. The summed E-state index contributed by atoms with van der Waals surface area (Å²) in [5.74, 6) is 0. The molecule has 1 aromatic rings. The van der Waals surface area contributed by atoms with Gasteiger partial charge in [-0.2, -0.15) is 0 Å². The number of hydrogen-bond donors (Lipinski definition) is 2. The zero-order valence-electron chi connectivity index (χ0n) is 9.72. The Morgan fingerprint density at radius 2 is 1.84 bits per heavy atom. The molecule has 0 aliphatic heterocycles. The monoisotopic (exact) mass is 391 g/mol. The minimum atomic E-state index is -3.84. The Hall–Kier alpha value is -0.260. The summed E-state index contributed by atoms with van der Waals surface area (Å²) in [6.45, 7) is -0.157. The van der Waals surface area contributed by atoms with Gasteiger partial charge in [0, 0.05) is 23.8 Å². The lowest BCUT2D eigenvalue weighted by Crippen LogP contribution is -2.34. The molecule has 0 saturated carbocycles. The lowest BCUT2D eigenvalue weighted by Gasteiger charge is -2.08. The van der Waals surface area contributed by atoms with Crippen molar-refractivity contribution in [3.05, 3.63) is 21.9 Å². The molecule has 7 nitrogen and oxygen atoms in total. The summed E-state index contributed by atoms with van der Waals surface area (Å²) in [5, 5.41) is -0.160. The van der Waals surface area contributed by atoms with Crippen LogP contribution in [0.15, 0.2) is 21.6 Å². The maximum atomic E-state index is 11.9. The molecule has 0 spiro atoms. The van der Waals surface area contributed by atoms with Crippen molar-refractivity contribution in [2.45, 2.75) is 4.90 Å². The van der Waals surface area contributed by atoms with Crippen LogP contribution in [0.2, 0.25) is 5.15 Å². The van der Waals surface area contributed by atoms with Gasteiger partial charge in [0.25, 0.3) is 0 Å². The highest BCUT2D eigenvalue weighted by Gasteiger charge is 2.18. The Morgan fingerprint density at radius 1 is 1.26 bits per heavy atom. The molecule has 0 unspecified atom stereocenters. The summed E-state index contributed by atoms with van der Waals surface area (Å²) in [6, 6.07) is 1.31. The summed E-state index contributed by atoms with van der Waals surface area (Å²) in [7, 11) is -7.19. The molecule has 0 amide bonds. The molecule has 2 N–H and O–H groups in total. The molecule has 0 aliphatic rings. The van der Waals surface area contributed by atoms with Gasteiger partial charge in [-0.1, -0.05) is 11.6 Å². The largest absolute Gasteiger partial charge is 0.243 e. The summed E-state index contributed by atoms with van der Waals surface area (Å²) in [4.78, 5) is 3.52. The van der Waals surface area contributed by atoms with E-state index in [1.165, 1.54) is 12.3 Å². The first kappa shape index (κ1) is 16.8. The van der Waals surface area contributed by atoms with Gasteiger partial charge in [0.05, 0.1) is 6.26 Å². The molecule has 108 valence electrons. The van der Waals surface area contributed by atoms with E-state index in [1.807, 2.05) is 0 Å². The standard InChI is InChI=1S/C8H11BrClN3O4S2/c1-18(14,15)12-2-3-13-19(16,17)7-4-6(9)5-11-8(7)10/h4-5,12-13H,2-3H2,1H3. The van der Waals surface area contributed by atoms with Gasteiger partial charge in [-0.25, -0.2) is 31.3 Å². The molecule has 1 heterocycles. The van der Waals surface area contributed by atoms with Crippen molar-refractivity contribution in [2.75, 3.05) is 19.3 Å². The van der Waals surface area contributed by atoms with Gasteiger partial charge in [0.2, 0.25) is 20.0 Å². The second kappa shape index (κ2) is 6.46. The Bertz CT molecular complexity index is 663. The number of hydrogen-bond acceptors (Lipinski definition) is 5. The summed E-state index contributed by atoms with van der Waals surface area (Å²) >= 11 is 8.80. The van der Waals surface area contributed by atoms with E-state index in [1.54, 1.807) is 0 Å². The van der Waals surface area contributed by atoms with Crippen LogP contribution >= 0.6 is 27.5 Å². The van der Waals surface area contributed by atoms with E-state index >= 15 is 0 Å². The number of aromatic nitrogens is 1. The van der Waals surface area contributed by atoms with E-state index < -0.39 is 20.0 Å². The van der Waals surface area contributed by atoms with Gasteiger partial charge in [0.15, 0.2) is 0 Å². The fraction of sp³-hybridized carbons (Fsp3) is 0.375. The van der Waals surface area contributed by atoms with Crippen LogP contribution in [0.4, 0.5) is 0 Å². The van der Waals surface area contributed by atoms with Crippen LogP contribution in [-0.2, 0) is 20.0 Å². The first-order chi connectivity index (χ1) is 8.62. The Balaban J connectivity index is 2.74. The predicted molar refractivity (Wildman–Crippen MR) is 75.0 cm³/mol. The topological polar surface area (TPSA) is 105 Å². The van der Waals surface area contributed by atoms with Gasteiger partial charge >= 0.3 is 0 Å². The first-order valence-electron chi connectivity index (χ1n) is 4.87. The smallest absolute Gasteiger partial charge is 0.242 e. The summed E-state index contributed by atoms with van der Waals surface area (Å²) in [6.07, 6.45) is 2.35. The molecule has 0 bridgehead atoms. The summed E-state index contributed by atoms with van der Waals surface area (Å²) < 4.78 is 50.2. The van der Waals surface area contributed by atoms with Crippen LogP contribution in [0.3, 0.4) is 0 Å². The SMILES string of the molecule is CS(=O)(=O)NCCNS(=O)(=O)c1cc(Br)cnc1Cl. The molecule has 11 heteroatoms. The zero-order chi connectivity index (χ0) is 14.7. The number of rotatable bonds is 6. The predicted octanol–water partition coefficient (Wildman–Crippen LogP) is 0.325. The highest BCUT2D eigenvalue weighted by molar-refractivity contribution is 9.10. The third kappa shape index (κ3) is 5.71. The van der Waals surface area contributed by atoms with Gasteiger partial charge in [0.1, 0.15) is 10.0 Å². The van der Waals surface area contributed by atoms with Gasteiger partial charge in [-0.3, -0.25) is 0 Å². The van der Waals surface area contributed by atoms with Crippen molar-refractivity contribution >= 4 is 47.6 Å². The number of nitrogens with one attached hydrogen (secondary N) is 2. The van der Waals surface area contributed by atoms with Crippen molar-refractivity contribution in [2.24, 2.45) is 0 Å². The number of halogens is 2. The molecule has 1 rings (SSSR count). The van der Waals surface area contributed by atoms with Crippen LogP contribution in [-0.4, -0.2) is 41.2 Å². The molecular weight excluding hydrogens is 382 g/mol.